The third-order valence-corrected chi connectivity index (χ3v) is 4.40. The van der Waals surface area contributed by atoms with Crippen molar-refractivity contribution in [3.8, 4) is 5.75 Å². The van der Waals surface area contributed by atoms with Gasteiger partial charge in [0.2, 0.25) is 0 Å². The molecule has 0 saturated heterocycles. The molecule has 18 heavy (non-hydrogen) atoms. The summed E-state index contributed by atoms with van der Waals surface area (Å²) in [6.07, 6.45) is 1.24. The van der Waals surface area contributed by atoms with Crippen molar-refractivity contribution in [3.63, 3.8) is 0 Å². The van der Waals surface area contributed by atoms with Crippen molar-refractivity contribution in [2.24, 2.45) is 11.8 Å². The molecule has 1 rings (SSSR count). The highest BCUT2D eigenvalue weighted by molar-refractivity contribution is 14.1. The Kier molecular flexibility index (Phi) is 7.66. The maximum Gasteiger partial charge on any atom is 0.118 e. The van der Waals surface area contributed by atoms with Gasteiger partial charge < -0.3 is 9.47 Å². The largest absolute Gasteiger partial charge is 0.497 e. The van der Waals surface area contributed by atoms with Crippen LogP contribution >= 0.6 is 22.6 Å². The highest BCUT2D eigenvalue weighted by Crippen LogP contribution is 2.16. The number of benzene rings is 1. The Labute approximate surface area is 124 Å². The van der Waals surface area contributed by atoms with Crippen LogP contribution in [0.1, 0.15) is 25.8 Å². The summed E-state index contributed by atoms with van der Waals surface area (Å²) in [4.78, 5) is 0. The van der Waals surface area contributed by atoms with E-state index in [0.717, 1.165) is 18.3 Å². The first-order chi connectivity index (χ1) is 8.65. The van der Waals surface area contributed by atoms with Crippen LogP contribution in [-0.4, -0.2) is 18.1 Å². The van der Waals surface area contributed by atoms with E-state index in [4.69, 9.17) is 9.47 Å². The van der Waals surface area contributed by atoms with Crippen molar-refractivity contribution in [2.45, 2.75) is 26.9 Å². The fourth-order valence-electron chi connectivity index (χ4n) is 1.92. The number of rotatable bonds is 8. The zero-order valence-corrected chi connectivity index (χ0v) is 13.6. The Bertz CT molecular complexity index is 324. The van der Waals surface area contributed by atoms with Gasteiger partial charge in [0.25, 0.3) is 0 Å². The van der Waals surface area contributed by atoms with Crippen LogP contribution in [0.5, 0.6) is 5.75 Å². The van der Waals surface area contributed by atoms with E-state index in [1.165, 1.54) is 16.4 Å². The van der Waals surface area contributed by atoms with Crippen molar-refractivity contribution in [1.29, 1.82) is 0 Å². The summed E-state index contributed by atoms with van der Waals surface area (Å²) in [7, 11) is 1.68. The predicted octanol–water partition coefficient (Wildman–Crippen LogP) is 4.31. The third kappa shape index (κ3) is 6.05. The first-order valence-electron chi connectivity index (χ1n) is 6.42. The van der Waals surface area contributed by atoms with Gasteiger partial charge in [0.15, 0.2) is 0 Å². The normalized spacial score (nSPS) is 14.2. The molecule has 0 unspecified atom stereocenters. The van der Waals surface area contributed by atoms with E-state index in [1.807, 2.05) is 12.1 Å². The predicted molar refractivity (Wildman–Crippen MR) is 84.5 cm³/mol. The molecule has 0 bridgehead atoms. The second-order valence-electron chi connectivity index (χ2n) is 4.96. The van der Waals surface area contributed by atoms with Crippen LogP contribution in [-0.2, 0) is 11.3 Å². The molecule has 1 aromatic rings. The van der Waals surface area contributed by atoms with Crippen LogP contribution in [0.3, 0.4) is 0 Å². The summed E-state index contributed by atoms with van der Waals surface area (Å²) in [6.45, 7) is 6.09. The number of hydrogen-bond acceptors (Lipinski definition) is 2. The molecule has 0 radical (unpaired) electrons. The molecule has 0 heterocycles. The second kappa shape index (κ2) is 8.75. The number of ether oxygens (including phenoxy) is 2. The lowest BCUT2D eigenvalue weighted by molar-refractivity contribution is 0.0859. The van der Waals surface area contributed by atoms with Crippen LogP contribution < -0.4 is 4.74 Å². The van der Waals surface area contributed by atoms with Crippen molar-refractivity contribution in [3.05, 3.63) is 29.8 Å². The molecular formula is C15H23IO2. The lowest BCUT2D eigenvalue weighted by Crippen LogP contribution is -2.10. The van der Waals surface area contributed by atoms with Crippen molar-refractivity contribution < 1.29 is 9.47 Å². The standard InChI is InChI=1S/C15H23IO2/c1-12(9-16)8-13(2)10-18-11-14-4-6-15(17-3)7-5-14/h4-7,12-13H,8-11H2,1-3H3/t12-,13+/m1/s1. The van der Waals surface area contributed by atoms with Gasteiger partial charge >= 0.3 is 0 Å². The van der Waals surface area contributed by atoms with Gasteiger partial charge in [-0.05, 0) is 36.0 Å². The molecule has 0 aromatic heterocycles. The van der Waals surface area contributed by atoms with Gasteiger partial charge in [-0.2, -0.15) is 0 Å². The SMILES string of the molecule is COc1ccc(COC[C@@H](C)C[C@@H](C)CI)cc1. The molecule has 1 aromatic carbocycles. The summed E-state index contributed by atoms with van der Waals surface area (Å²) >= 11 is 2.45. The van der Waals surface area contributed by atoms with Crippen LogP contribution in [0.25, 0.3) is 0 Å². The summed E-state index contributed by atoms with van der Waals surface area (Å²) < 4.78 is 12.1. The summed E-state index contributed by atoms with van der Waals surface area (Å²) in [5, 5.41) is 0. The monoisotopic (exact) mass is 362 g/mol. The minimum Gasteiger partial charge on any atom is -0.497 e. The van der Waals surface area contributed by atoms with Gasteiger partial charge in [-0.25, -0.2) is 0 Å². The Morgan fingerprint density at radius 2 is 1.78 bits per heavy atom. The molecule has 0 aliphatic carbocycles. The first-order valence-corrected chi connectivity index (χ1v) is 7.95. The lowest BCUT2D eigenvalue weighted by atomic mass is 10.00. The fraction of sp³-hybridized carbons (Fsp3) is 0.600. The van der Waals surface area contributed by atoms with Gasteiger partial charge in [-0.3, -0.25) is 0 Å². The van der Waals surface area contributed by atoms with E-state index >= 15 is 0 Å². The zero-order chi connectivity index (χ0) is 13.4. The van der Waals surface area contributed by atoms with Crippen molar-refractivity contribution >= 4 is 22.6 Å². The molecule has 0 aliphatic rings. The number of alkyl halides is 1. The first kappa shape index (κ1) is 15.8. The molecule has 102 valence electrons. The quantitative estimate of drug-likeness (QED) is 0.507. The summed E-state index contributed by atoms with van der Waals surface area (Å²) in [6, 6.07) is 8.05. The van der Waals surface area contributed by atoms with E-state index in [-0.39, 0.29) is 0 Å². The minimum atomic E-state index is 0.632. The molecule has 2 atom stereocenters. The molecule has 0 fully saturated rings. The molecule has 0 aliphatic heterocycles. The molecule has 0 amide bonds. The van der Waals surface area contributed by atoms with Crippen LogP contribution in [0.2, 0.25) is 0 Å². The molecule has 3 heteroatoms. The van der Waals surface area contributed by atoms with Gasteiger partial charge in [0, 0.05) is 11.0 Å². The third-order valence-electron chi connectivity index (χ3n) is 2.90. The topological polar surface area (TPSA) is 18.5 Å². The Morgan fingerprint density at radius 1 is 1.11 bits per heavy atom. The molecule has 2 nitrogen and oxygen atoms in total. The molecule has 0 N–H and O–H groups in total. The van der Waals surface area contributed by atoms with E-state index in [2.05, 4.69) is 48.6 Å². The second-order valence-corrected chi connectivity index (χ2v) is 5.84. The van der Waals surface area contributed by atoms with Gasteiger partial charge in [-0.1, -0.05) is 48.6 Å². The Hall–Kier alpha value is -0.290. The molecule has 0 saturated carbocycles. The van der Waals surface area contributed by atoms with E-state index in [0.29, 0.717) is 12.5 Å². The smallest absolute Gasteiger partial charge is 0.118 e. The number of methoxy groups -OCH3 is 1. The maximum atomic E-state index is 5.76. The maximum absolute atomic E-state index is 5.76. The van der Waals surface area contributed by atoms with E-state index in [1.54, 1.807) is 7.11 Å². The van der Waals surface area contributed by atoms with Crippen molar-refractivity contribution in [1.82, 2.24) is 0 Å². The van der Waals surface area contributed by atoms with E-state index in [9.17, 15) is 0 Å². The molecular weight excluding hydrogens is 339 g/mol. The van der Waals surface area contributed by atoms with Crippen LogP contribution in [0, 0.1) is 11.8 Å². The summed E-state index contributed by atoms with van der Waals surface area (Å²) in [5.41, 5.74) is 1.20. The Morgan fingerprint density at radius 3 is 2.33 bits per heavy atom. The van der Waals surface area contributed by atoms with Crippen LogP contribution in [0.4, 0.5) is 0 Å². The summed E-state index contributed by atoms with van der Waals surface area (Å²) in [5.74, 6) is 2.31. The van der Waals surface area contributed by atoms with Gasteiger partial charge in [-0.15, -0.1) is 0 Å². The zero-order valence-electron chi connectivity index (χ0n) is 11.5. The lowest BCUT2D eigenvalue weighted by Gasteiger charge is -2.15. The van der Waals surface area contributed by atoms with Crippen molar-refractivity contribution in [2.75, 3.05) is 18.1 Å². The van der Waals surface area contributed by atoms with Gasteiger partial charge in [0.05, 0.1) is 13.7 Å². The van der Waals surface area contributed by atoms with E-state index < -0.39 is 0 Å². The molecule has 0 spiro atoms. The average Bonchev–Trinajstić information content (AvgIpc) is 2.39. The fourth-order valence-corrected chi connectivity index (χ4v) is 2.28. The Balaban J connectivity index is 2.24. The minimum absolute atomic E-state index is 0.632. The van der Waals surface area contributed by atoms with Crippen LogP contribution in [0.15, 0.2) is 24.3 Å². The highest BCUT2D eigenvalue weighted by atomic mass is 127. The number of hydrogen-bond donors (Lipinski definition) is 0. The highest BCUT2D eigenvalue weighted by Gasteiger charge is 2.07. The number of halogens is 1. The average molecular weight is 362 g/mol. The van der Waals surface area contributed by atoms with Gasteiger partial charge in [0.1, 0.15) is 5.75 Å².